The molecule has 0 aromatic heterocycles. The van der Waals surface area contributed by atoms with Crippen LogP contribution in [0.25, 0.3) is 0 Å². The number of unbranched alkanes of at least 4 members (excludes halogenated alkanes) is 2. The van der Waals surface area contributed by atoms with Crippen LogP contribution in [0.2, 0.25) is 0 Å². The van der Waals surface area contributed by atoms with Gasteiger partial charge in [-0.2, -0.15) is 0 Å². The van der Waals surface area contributed by atoms with Crippen molar-refractivity contribution in [3.63, 3.8) is 0 Å². The Morgan fingerprint density at radius 2 is 2.36 bits per heavy atom. The first kappa shape index (κ1) is 11.5. The molecule has 1 nitrogen and oxygen atoms in total. The van der Waals surface area contributed by atoms with Gasteiger partial charge in [0.2, 0.25) is 0 Å². The Morgan fingerprint density at radius 3 is 2.93 bits per heavy atom. The van der Waals surface area contributed by atoms with E-state index >= 15 is 0 Å². The lowest BCUT2D eigenvalue weighted by Gasteiger charge is -2.22. The van der Waals surface area contributed by atoms with Gasteiger partial charge < -0.3 is 4.79 Å². The van der Waals surface area contributed by atoms with E-state index in [-0.39, 0.29) is 5.92 Å². The normalized spacial score (nSPS) is 23.4. The van der Waals surface area contributed by atoms with E-state index in [2.05, 4.69) is 19.1 Å². The minimum Gasteiger partial charge on any atom is -0.303 e. The molecule has 1 aliphatic carbocycles. The summed E-state index contributed by atoms with van der Waals surface area (Å²) < 4.78 is 0. The molecule has 0 bridgehead atoms. The van der Waals surface area contributed by atoms with E-state index in [1.807, 2.05) is 0 Å². The third-order valence-corrected chi connectivity index (χ3v) is 3.16. The molecule has 1 rings (SSSR count). The van der Waals surface area contributed by atoms with Crippen molar-refractivity contribution in [3.8, 4) is 0 Å². The molecule has 1 aliphatic rings. The van der Waals surface area contributed by atoms with Crippen LogP contribution in [0, 0.1) is 11.8 Å². The number of hydrogen-bond donors (Lipinski definition) is 0. The summed E-state index contributed by atoms with van der Waals surface area (Å²) in [5, 5.41) is 0. The van der Waals surface area contributed by atoms with Gasteiger partial charge in [0.25, 0.3) is 0 Å². The number of carbonyl (C=O) groups is 1. The largest absolute Gasteiger partial charge is 0.303 e. The van der Waals surface area contributed by atoms with Gasteiger partial charge in [0, 0.05) is 5.92 Å². The Balaban J connectivity index is 2.32. The summed E-state index contributed by atoms with van der Waals surface area (Å²) in [7, 11) is 0. The fraction of sp³-hybridized carbons (Fsp3) is 0.769. The van der Waals surface area contributed by atoms with Gasteiger partial charge in [0.05, 0.1) is 0 Å². The van der Waals surface area contributed by atoms with Crippen molar-refractivity contribution >= 4 is 6.29 Å². The highest BCUT2D eigenvalue weighted by molar-refractivity contribution is 5.54. The smallest absolute Gasteiger partial charge is 0.123 e. The van der Waals surface area contributed by atoms with Gasteiger partial charge in [0.15, 0.2) is 0 Å². The molecular weight excluding hydrogens is 172 g/mol. The molecule has 0 fully saturated rings. The van der Waals surface area contributed by atoms with Crippen LogP contribution in [-0.4, -0.2) is 6.29 Å². The minimum atomic E-state index is 0.290. The predicted octanol–water partition coefficient (Wildman–Crippen LogP) is 3.74. The monoisotopic (exact) mass is 194 g/mol. The highest BCUT2D eigenvalue weighted by Gasteiger charge is 2.19. The molecule has 0 N–H and O–H groups in total. The quantitative estimate of drug-likeness (QED) is 0.357. The summed E-state index contributed by atoms with van der Waals surface area (Å²) in [5.74, 6) is 0.830. The molecule has 0 radical (unpaired) electrons. The summed E-state index contributed by atoms with van der Waals surface area (Å²) in [5.41, 5.74) is 0. The van der Waals surface area contributed by atoms with Gasteiger partial charge in [-0.25, -0.2) is 0 Å². The first-order chi connectivity index (χ1) is 6.88. The number of allylic oxidation sites excluding steroid dienone is 2. The second-order valence-electron chi connectivity index (χ2n) is 4.32. The molecule has 0 aliphatic heterocycles. The van der Waals surface area contributed by atoms with E-state index in [1.165, 1.54) is 44.8 Å². The highest BCUT2D eigenvalue weighted by atomic mass is 16.1. The van der Waals surface area contributed by atoms with Crippen molar-refractivity contribution in [2.45, 2.75) is 51.9 Å². The van der Waals surface area contributed by atoms with Gasteiger partial charge >= 0.3 is 0 Å². The van der Waals surface area contributed by atoms with Crippen LogP contribution >= 0.6 is 0 Å². The van der Waals surface area contributed by atoms with E-state index in [4.69, 9.17) is 0 Å². The lowest BCUT2D eigenvalue weighted by molar-refractivity contribution is -0.112. The first-order valence-corrected chi connectivity index (χ1v) is 6.00. The van der Waals surface area contributed by atoms with Crippen LogP contribution in [0.4, 0.5) is 0 Å². The summed E-state index contributed by atoms with van der Waals surface area (Å²) in [6.45, 7) is 2.20. The minimum absolute atomic E-state index is 0.290. The van der Waals surface area contributed by atoms with Crippen LogP contribution < -0.4 is 0 Å². The molecular formula is C13H22O. The number of aldehydes is 1. The van der Waals surface area contributed by atoms with Crippen LogP contribution in [0.3, 0.4) is 0 Å². The second kappa shape index (κ2) is 6.80. The van der Waals surface area contributed by atoms with E-state index in [0.717, 1.165) is 6.42 Å². The zero-order valence-corrected chi connectivity index (χ0v) is 9.24. The number of carbonyl (C=O) groups excluding carboxylic acids is 1. The molecule has 80 valence electrons. The van der Waals surface area contributed by atoms with Crippen molar-refractivity contribution in [2.75, 3.05) is 0 Å². The molecule has 0 aromatic carbocycles. The van der Waals surface area contributed by atoms with Crippen LogP contribution in [0.1, 0.15) is 51.9 Å². The molecule has 0 amide bonds. The van der Waals surface area contributed by atoms with E-state index in [0.29, 0.717) is 5.92 Å². The van der Waals surface area contributed by atoms with Crippen molar-refractivity contribution < 1.29 is 4.79 Å². The maximum absolute atomic E-state index is 11.0. The zero-order valence-electron chi connectivity index (χ0n) is 9.24. The fourth-order valence-corrected chi connectivity index (χ4v) is 2.21. The Kier molecular flexibility index (Phi) is 5.58. The predicted molar refractivity (Wildman–Crippen MR) is 60.2 cm³/mol. The highest BCUT2D eigenvalue weighted by Crippen LogP contribution is 2.27. The van der Waals surface area contributed by atoms with Crippen LogP contribution in [0.5, 0.6) is 0 Å². The lowest BCUT2D eigenvalue weighted by atomic mass is 9.82. The summed E-state index contributed by atoms with van der Waals surface area (Å²) in [4.78, 5) is 11.0. The van der Waals surface area contributed by atoms with Gasteiger partial charge in [-0.15, -0.1) is 0 Å². The van der Waals surface area contributed by atoms with Crippen molar-refractivity contribution in [1.29, 1.82) is 0 Å². The molecule has 0 spiro atoms. The van der Waals surface area contributed by atoms with E-state index in [9.17, 15) is 4.79 Å². The van der Waals surface area contributed by atoms with Gasteiger partial charge in [-0.3, -0.25) is 0 Å². The number of rotatable bonds is 6. The van der Waals surface area contributed by atoms with Crippen molar-refractivity contribution in [1.82, 2.24) is 0 Å². The molecule has 1 heteroatoms. The second-order valence-corrected chi connectivity index (χ2v) is 4.32. The average molecular weight is 194 g/mol. The topological polar surface area (TPSA) is 17.1 Å². The summed E-state index contributed by atoms with van der Waals surface area (Å²) >= 11 is 0. The van der Waals surface area contributed by atoms with Crippen molar-refractivity contribution in [2.24, 2.45) is 11.8 Å². The molecule has 0 aromatic rings. The summed E-state index contributed by atoms with van der Waals surface area (Å²) in [6.07, 6.45) is 14.2. The van der Waals surface area contributed by atoms with Gasteiger partial charge in [-0.1, -0.05) is 38.3 Å². The molecule has 0 saturated carbocycles. The zero-order chi connectivity index (χ0) is 10.2. The summed E-state index contributed by atoms with van der Waals surface area (Å²) in [6, 6.07) is 0. The molecule has 14 heavy (non-hydrogen) atoms. The Hall–Kier alpha value is -0.590. The maximum atomic E-state index is 11.0. The SMILES string of the molecule is CCCCCC(C=O)C1C=CCCC1. The molecule has 2 atom stereocenters. The standard InChI is InChI=1S/C13H22O/c1-2-3-5-10-13(11-14)12-8-6-4-7-9-12/h6,8,11-13H,2-5,7,9-10H2,1H3. The van der Waals surface area contributed by atoms with Crippen LogP contribution in [0.15, 0.2) is 12.2 Å². The number of hydrogen-bond acceptors (Lipinski definition) is 1. The Labute approximate surface area is 87.6 Å². The molecule has 2 unspecified atom stereocenters. The fourth-order valence-electron chi connectivity index (χ4n) is 2.21. The van der Waals surface area contributed by atoms with Gasteiger partial charge in [0.1, 0.15) is 6.29 Å². The average Bonchev–Trinajstić information content (AvgIpc) is 2.26. The van der Waals surface area contributed by atoms with Crippen LogP contribution in [-0.2, 0) is 4.79 Å². The Bertz CT molecular complexity index is 184. The first-order valence-electron chi connectivity index (χ1n) is 6.00. The van der Waals surface area contributed by atoms with Gasteiger partial charge in [-0.05, 0) is 31.6 Å². The Morgan fingerprint density at radius 1 is 1.50 bits per heavy atom. The third-order valence-electron chi connectivity index (χ3n) is 3.16. The van der Waals surface area contributed by atoms with E-state index in [1.54, 1.807) is 0 Å². The molecule has 0 saturated heterocycles. The van der Waals surface area contributed by atoms with Crippen molar-refractivity contribution in [3.05, 3.63) is 12.2 Å². The third kappa shape index (κ3) is 3.65. The maximum Gasteiger partial charge on any atom is 0.123 e. The molecule has 0 heterocycles. The van der Waals surface area contributed by atoms with E-state index < -0.39 is 0 Å². The lowest BCUT2D eigenvalue weighted by Crippen LogP contribution is -2.16.